The molecule has 1 N–H and O–H groups in total. The van der Waals surface area contributed by atoms with E-state index in [1.165, 1.54) is 6.20 Å². The number of pyridine rings is 1. The minimum atomic E-state index is -4.86. The number of benzene rings is 1. The Kier molecular flexibility index (Phi) is 7.32. The molecule has 10 nitrogen and oxygen atoms in total. The normalized spacial score (nSPS) is 22.2. The number of hydrogen-bond donors (Lipinski definition) is 1. The number of anilines is 2. The van der Waals surface area contributed by atoms with Crippen LogP contribution in [0.4, 0.5) is 24.7 Å². The van der Waals surface area contributed by atoms with Crippen LogP contribution in [-0.2, 0) is 22.3 Å². The second kappa shape index (κ2) is 11.1. The number of halogens is 3. The Morgan fingerprint density at radius 3 is 2.60 bits per heavy atom. The fraction of sp³-hybridized carbons (Fsp3) is 0.414. The summed E-state index contributed by atoms with van der Waals surface area (Å²) in [7, 11) is 0. The van der Waals surface area contributed by atoms with Gasteiger partial charge < -0.3 is 19.4 Å². The van der Waals surface area contributed by atoms with E-state index in [4.69, 9.17) is 10.00 Å². The van der Waals surface area contributed by atoms with Gasteiger partial charge in [-0.3, -0.25) is 9.59 Å². The molecule has 1 amide bonds. The van der Waals surface area contributed by atoms with Crippen LogP contribution in [0.2, 0.25) is 0 Å². The molecular weight excluding hydrogens is 551 g/mol. The summed E-state index contributed by atoms with van der Waals surface area (Å²) in [6.07, 6.45) is -1.79. The number of fused-ring (bicyclic) bond motifs is 1. The molecule has 3 aromatic rings. The van der Waals surface area contributed by atoms with Gasteiger partial charge in [-0.2, -0.15) is 23.5 Å². The van der Waals surface area contributed by atoms with E-state index >= 15 is 0 Å². The third kappa shape index (κ3) is 5.30. The second-order valence-electron chi connectivity index (χ2n) is 10.7. The predicted molar refractivity (Wildman–Crippen MR) is 145 cm³/mol. The van der Waals surface area contributed by atoms with Crippen molar-refractivity contribution in [3.05, 3.63) is 81.4 Å². The molecule has 0 spiro atoms. The predicted octanol–water partition coefficient (Wildman–Crippen LogP) is 3.40. The Morgan fingerprint density at radius 1 is 1.10 bits per heavy atom. The Morgan fingerprint density at radius 2 is 1.88 bits per heavy atom. The summed E-state index contributed by atoms with van der Waals surface area (Å²) in [5.74, 6) is 0.726. The lowest BCUT2D eigenvalue weighted by Crippen LogP contribution is -2.49. The molecule has 2 saturated heterocycles. The Balaban J connectivity index is 1.13. The monoisotopic (exact) mass is 579 g/mol. The molecule has 2 aromatic heterocycles. The smallest absolute Gasteiger partial charge is 0.372 e. The van der Waals surface area contributed by atoms with Crippen LogP contribution >= 0.6 is 0 Å². The molecule has 3 aliphatic heterocycles. The van der Waals surface area contributed by atoms with E-state index in [1.807, 2.05) is 29.4 Å². The first-order valence-electron chi connectivity index (χ1n) is 13.8. The van der Waals surface area contributed by atoms with Gasteiger partial charge in [0.05, 0.1) is 42.1 Å². The molecule has 2 fully saturated rings. The van der Waals surface area contributed by atoms with Crippen LogP contribution in [-0.4, -0.2) is 64.4 Å². The number of aromatic nitrogens is 3. The minimum absolute atomic E-state index is 0.0325. The molecule has 3 atom stereocenters. The van der Waals surface area contributed by atoms with Crippen molar-refractivity contribution >= 4 is 17.4 Å². The van der Waals surface area contributed by atoms with Gasteiger partial charge in [-0.15, -0.1) is 0 Å². The van der Waals surface area contributed by atoms with E-state index < -0.39 is 29.4 Å². The minimum Gasteiger partial charge on any atom is -0.372 e. The number of nitrogens with one attached hydrogen (secondary N) is 1. The highest BCUT2D eigenvalue weighted by Gasteiger charge is 2.45. The average Bonchev–Trinajstić information content (AvgIpc) is 3.61. The van der Waals surface area contributed by atoms with Crippen molar-refractivity contribution in [2.45, 2.75) is 50.2 Å². The van der Waals surface area contributed by atoms with Gasteiger partial charge in [-0.25, -0.2) is 10.1 Å². The zero-order valence-corrected chi connectivity index (χ0v) is 22.5. The number of carbonyl (C=O) groups excluding carboxylic acids is 1. The fourth-order valence-electron chi connectivity index (χ4n) is 6.20. The van der Waals surface area contributed by atoms with Crippen LogP contribution in [0.5, 0.6) is 0 Å². The first-order chi connectivity index (χ1) is 20.2. The van der Waals surface area contributed by atoms with Crippen LogP contribution in [0.1, 0.15) is 47.6 Å². The van der Waals surface area contributed by atoms with Crippen molar-refractivity contribution in [3.8, 4) is 6.07 Å². The van der Waals surface area contributed by atoms with Crippen LogP contribution in [0.15, 0.2) is 53.6 Å². The quantitative estimate of drug-likeness (QED) is 0.489. The summed E-state index contributed by atoms with van der Waals surface area (Å²) in [6.45, 7) is 2.44. The molecule has 42 heavy (non-hydrogen) atoms. The first-order valence-corrected chi connectivity index (χ1v) is 13.8. The maximum Gasteiger partial charge on any atom is 0.423 e. The molecular formula is C29H28F3N7O3. The number of piperazine rings is 1. The second-order valence-corrected chi connectivity index (χ2v) is 10.7. The number of nitriles is 1. The molecule has 13 heteroatoms. The number of rotatable bonds is 5. The van der Waals surface area contributed by atoms with Gasteiger partial charge in [0.25, 0.3) is 5.56 Å². The lowest BCUT2D eigenvalue weighted by atomic mass is 9.98. The van der Waals surface area contributed by atoms with E-state index in [0.29, 0.717) is 44.6 Å². The van der Waals surface area contributed by atoms with Gasteiger partial charge in [-0.1, -0.05) is 24.3 Å². The van der Waals surface area contributed by atoms with Crippen molar-refractivity contribution in [2.75, 3.05) is 36.0 Å². The highest BCUT2D eigenvalue weighted by molar-refractivity contribution is 5.77. The number of aromatic amines is 1. The summed E-state index contributed by atoms with van der Waals surface area (Å²) < 4.78 is 48.3. The first kappa shape index (κ1) is 27.7. The van der Waals surface area contributed by atoms with Gasteiger partial charge >= 0.3 is 6.18 Å². The maximum absolute atomic E-state index is 14.0. The fourth-order valence-corrected chi connectivity index (χ4v) is 6.20. The molecule has 0 aliphatic carbocycles. The van der Waals surface area contributed by atoms with E-state index in [-0.39, 0.29) is 30.7 Å². The summed E-state index contributed by atoms with van der Waals surface area (Å²) in [4.78, 5) is 35.2. The summed E-state index contributed by atoms with van der Waals surface area (Å²) in [6, 6.07) is 12.4. The van der Waals surface area contributed by atoms with Crippen molar-refractivity contribution in [1.29, 1.82) is 5.26 Å². The van der Waals surface area contributed by atoms with Crippen molar-refractivity contribution in [3.63, 3.8) is 0 Å². The van der Waals surface area contributed by atoms with E-state index in [2.05, 4.69) is 21.1 Å². The number of H-pyrrole nitrogens is 1. The summed E-state index contributed by atoms with van der Waals surface area (Å²) in [5, 5.41) is 14.6. The number of hydrogen-bond acceptors (Lipinski definition) is 8. The number of alkyl halides is 3. The van der Waals surface area contributed by atoms with Gasteiger partial charge in [0.2, 0.25) is 5.91 Å². The molecule has 3 aliphatic rings. The number of ether oxygens (including phenoxy) is 1. The third-order valence-electron chi connectivity index (χ3n) is 8.21. The lowest BCUT2D eigenvalue weighted by molar-refractivity contribution is -0.138. The molecule has 218 valence electrons. The highest BCUT2D eigenvalue weighted by atomic mass is 19.4. The number of nitrogens with zero attached hydrogens (tertiary/aromatic N) is 6. The standard InChI is InChI=1S/C29H28F3N7O3/c30-29(31,32)26-22(16-35-36-28(26)41)39-17-19-3-1-2-4-21(19)27(39)23-7-6-20(42-23)13-25(40)38-11-9-37(10-12-38)24-8-5-18(14-33)15-34-24/h1-5,8,15-16,20,23,27H,6-7,9-13,17H2,(H,36,41)/t20-,23+,27+/m1/s1. The highest BCUT2D eigenvalue weighted by Crippen LogP contribution is 2.46. The molecule has 0 saturated carbocycles. The SMILES string of the molecule is N#Cc1ccc(N2CCN(C(=O)C[C@H]3CC[C@@H]([C@@H]4c5ccccc5CN4c4cn[nH]c(=O)c4C(F)(F)F)O3)CC2)nc1. The molecule has 5 heterocycles. The van der Waals surface area contributed by atoms with E-state index in [0.717, 1.165) is 23.1 Å². The molecule has 6 rings (SSSR count). The zero-order valence-electron chi connectivity index (χ0n) is 22.5. The van der Waals surface area contributed by atoms with E-state index in [9.17, 15) is 22.8 Å². The van der Waals surface area contributed by atoms with Gasteiger partial charge in [0.15, 0.2) is 0 Å². The van der Waals surface area contributed by atoms with Crippen LogP contribution < -0.4 is 15.4 Å². The van der Waals surface area contributed by atoms with Crippen LogP contribution in [0.3, 0.4) is 0 Å². The van der Waals surface area contributed by atoms with Crippen molar-refractivity contribution in [2.24, 2.45) is 0 Å². The van der Waals surface area contributed by atoms with Gasteiger partial charge in [-0.05, 0) is 36.1 Å². The molecule has 0 unspecified atom stereocenters. The Hall–Kier alpha value is -4.44. The molecule has 1 aromatic carbocycles. The molecule has 0 radical (unpaired) electrons. The van der Waals surface area contributed by atoms with Crippen molar-refractivity contribution < 1.29 is 22.7 Å². The topological polar surface area (TPSA) is 118 Å². The summed E-state index contributed by atoms with van der Waals surface area (Å²) >= 11 is 0. The Labute approximate surface area is 239 Å². The van der Waals surface area contributed by atoms with E-state index in [1.54, 1.807) is 21.9 Å². The van der Waals surface area contributed by atoms with Gasteiger partial charge in [0, 0.05) is 38.9 Å². The molecule has 0 bridgehead atoms. The lowest BCUT2D eigenvalue weighted by Gasteiger charge is -2.36. The number of carbonyl (C=O) groups is 1. The number of amides is 1. The Bertz CT molecular complexity index is 1560. The third-order valence-corrected chi connectivity index (χ3v) is 8.21. The van der Waals surface area contributed by atoms with Gasteiger partial charge in [0.1, 0.15) is 17.5 Å². The summed E-state index contributed by atoms with van der Waals surface area (Å²) in [5.41, 5.74) is -0.674. The maximum atomic E-state index is 14.0. The van der Waals surface area contributed by atoms with Crippen molar-refractivity contribution in [1.82, 2.24) is 20.1 Å². The van der Waals surface area contributed by atoms with Crippen LogP contribution in [0, 0.1) is 11.3 Å². The largest absolute Gasteiger partial charge is 0.423 e. The zero-order chi connectivity index (χ0) is 29.4. The average molecular weight is 580 g/mol. The van der Waals surface area contributed by atoms with Crippen LogP contribution in [0.25, 0.3) is 0 Å².